The zero-order valence-electron chi connectivity index (χ0n) is 12.0. The number of benzene rings is 1. The van der Waals surface area contributed by atoms with E-state index in [-0.39, 0.29) is 19.1 Å². The summed E-state index contributed by atoms with van der Waals surface area (Å²) in [5.74, 6) is 0.644. The maximum atomic E-state index is 12.3. The van der Waals surface area contributed by atoms with Crippen molar-refractivity contribution >= 4 is 17.5 Å². The van der Waals surface area contributed by atoms with Crippen molar-refractivity contribution < 1.29 is 19.4 Å². The van der Waals surface area contributed by atoms with Gasteiger partial charge in [0.1, 0.15) is 0 Å². The predicted octanol–water partition coefficient (Wildman–Crippen LogP) is 2.20. The van der Waals surface area contributed by atoms with Crippen LogP contribution in [0.4, 0.5) is 0 Å². The van der Waals surface area contributed by atoms with Crippen molar-refractivity contribution in [3.8, 4) is 11.5 Å². The first kappa shape index (κ1) is 16.6. The summed E-state index contributed by atoms with van der Waals surface area (Å²) in [4.78, 5) is 13.8. The number of methoxy groups -OCH3 is 1. The van der Waals surface area contributed by atoms with E-state index in [0.717, 1.165) is 0 Å². The molecule has 0 atom stereocenters. The minimum Gasteiger partial charge on any atom is -0.493 e. The van der Waals surface area contributed by atoms with Crippen molar-refractivity contribution in [2.24, 2.45) is 0 Å². The highest BCUT2D eigenvalue weighted by Crippen LogP contribution is 2.36. The summed E-state index contributed by atoms with van der Waals surface area (Å²) in [5.41, 5.74) is 0.408. The molecule has 0 aliphatic rings. The molecule has 0 radical (unpaired) electrons. The third-order valence-corrected chi connectivity index (χ3v) is 3.08. The molecule has 0 aromatic heterocycles. The Bertz CT molecular complexity index is 465. The molecule has 0 spiro atoms. The van der Waals surface area contributed by atoms with Crippen LogP contribution in [0, 0.1) is 0 Å². The molecule has 0 aliphatic heterocycles. The summed E-state index contributed by atoms with van der Waals surface area (Å²) in [6.07, 6.45) is 0. The van der Waals surface area contributed by atoms with Crippen molar-refractivity contribution in [2.75, 3.05) is 33.4 Å². The number of aliphatic hydroxyl groups is 1. The second-order valence-corrected chi connectivity index (χ2v) is 4.44. The summed E-state index contributed by atoms with van der Waals surface area (Å²) in [6.45, 7) is 4.85. The van der Waals surface area contributed by atoms with E-state index >= 15 is 0 Å². The van der Waals surface area contributed by atoms with E-state index in [1.54, 1.807) is 12.1 Å². The Kier molecular flexibility index (Phi) is 6.61. The third kappa shape index (κ3) is 3.77. The van der Waals surface area contributed by atoms with Crippen molar-refractivity contribution in [1.29, 1.82) is 0 Å². The molecule has 1 aromatic carbocycles. The molecule has 1 aromatic rings. The van der Waals surface area contributed by atoms with Gasteiger partial charge in [0.15, 0.2) is 11.5 Å². The van der Waals surface area contributed by atoms with E-state index < -0.39 is 0 Å². The van der Waals surface area contributed by atoms with Crippen molar-refractivity contribution in [1.82, 2.24) is 4.90 Å². The Hall–Kier alpha value is -1.46. The number of aliphatic hydroxyl groups excluding tert-OH is 1. The van der Waals surface area contributed by atoms with Gasteiger partial charge in [-0.2, -0.15) is 0 Å². The van der Waals surface area contributed by atoms with Gasteiger partial charge in [0, 0.05) is 18.7 Å². The number of amides is 1. The summed E-state index contributed by atoms with van der Waals surface area (Å²) in [7, 11) is 1.49. The monoisotopic (exact) mass is 301 g/mol. The summed E-state index contributed by atoms with van der Waals surface area (Å²) in [5, 5.41) is 9.30. The number of carbonyl (C=O) groups excluding carboxylic acids is 1. The van der Waals surface area contributed by atoms with Gasteiger partial charge in [-0.1, -0.05) is 11.6 Å². The Balaban J connectivity index is 3.13. The van der Waals surface area contributed by atoms with Crippen LogP contribution in [0.2, 0.25) is 5.02 Å². The Morgan fingerprint density at radius 1 is 1.40 bits per heavy atom. The molecular formula is C14H20ClNO4. The molecule has 0 heterocycles. The van der Waals surface area contributed by atoms with Crippen LogP contribution in [-0.4, -0.2) is 49.3 Å². The van der Waals surface area contributed by atoms with E-state index in [1.807, 2.05) is 13.8 Å². The molecule has 6 heteroatoms. The van der Waals surface area contributed by atoms with Crippen LogP contribution < -0.4 is 9.47 Å². The van der Waals surface area contributed by atoms with E-state index in [4.69, 9.17) is 26.2 Å². The average Bonchev–Trinajstić information content (AvgIpc) is 2.45. The van der Waals surface area contributed by atoms with Crippen LogP contribution in [0.5, 0.6) is 11.5 Å². The van der Waals surface area contributed by atoms with E-state index in [0.29, 0.717) is 35.2 Å². The fourth-order valence-corrected chi connectivity index (χ4v) is 2.10. The van der Waals surface area contributed by atoms with Gasteiger partial charge in [-0.15, -0.1) is 0 Å². The second kappa shape index (κ2) is 7.97. The van der Waals surface area contributed by atoms with Gasteiger partial charge < -0.3 is 19.5 Å². The maximum absolute atomic E-state index is 12.3. The van der Waals surface area contributed by atoms with Crippen molar-refractivity contribution in [3.63, 3.8) is 0 Å². The standard InChI is InChI=1S/C14H20ClNO4/c1-4-16(6-7-17)14(18)10-8-11(15)13(20-5-2)12(9-10)19-3/h8-9,17H,4-7H2,1-3H3. The minimum absolute atomic E-state index is 0.0819. The lowest BCUT2D eigenvalue weighted by atomic mass is 10.1. The number of ether oxygens (including phenoxy) is 2. The maximum Gasteiger partial charge on any atom is 0.254 e. The molecule has 1 amide bonds. The second-order valence-electron chi connectivity index (χ2n) is 4.03. The molecule has 20 heavy (non-hydrogen) atoms. The number of nitrogens with zero attached hydrogens (tertiary/aromatic N) is 1. The highest BCUT2D eigenvalue weighted by Gasteiger charge is 2.19. The lowest BCUT2D eigenvalue weighted by Gasteiger charge is -2.20. The normalized spacial score (nSPS) is 10.2. The summed E-state index contributed by atoms with van der Waals surface area (Å²) >= 11 is 6.14. The van der Waals surface area contributed by atoms with E-state index in [9.17, 15) is 4.79 Å². The zero-order valence-corrected chi connectivity index (χ0v) is 12.7. The van der Waals surface area contributed by atoms with Gasteiger partial charge in [0.05, 0.1) is 25.3 Å². The first-order valence-corrected chi connectivity index (χ1v) is 6.87. The number of rotatable bonds is 7. The average molecular weight is 302 g/mol. The van der Waals surface area contributed by atoms with Gasteiger partial charge in [0.25, 0.3) is 5.91 Å². The quantitative estimate of drug-likeness (QED) is 0.839. The van der Waals surface area contributed by atoms with Crippen LogP contribution in [0.3, 0.4) is 0 Å². The molecule has 0 saturated heterocycles. The molecule has 0 saturated carbocycles. The first-order valence-electron chi connectivity index (χ1n) is 6.49. The number of hydrogen-bond donors (Lipinski definition) is 1. The van der Waals surface area contributed by atoms with Gasteiger partial charge in [-0.05, 0) is 26.0 Å². The molecule has 1 rings (SSSR count). The molecular weight excluding hydrogens is 282 g/mol. The molecule has 5 nitrogen and oxygen atoms in total. The van der Waals surface area contributed by atoms with Gasteiger partial charge >= 0.3 is 0 Å². The Morgan fingerprint density at radius 2 is 2.10 bits per heavy atom. The van der Waals surface area contributed by atoms with Crippen LogP contribution in [-0.2, 0) is 0 Å². The number of likely N-dealkylation sites (N-methyl/N-ethyl adjacent to an activating group) is 1. The lowest BCUT2D eigenvalue weighted by Crippen LogP contribution is -2.33. The lowest BCUT2D eigenvalue weighted by molar-refractivity contribution is 0.0731. The van der Waals surface area contributed by atoms with Crippen LogP contribution >= 0.6 is 11.6 Å². The molecule has 0 bridgehead atoms. The van der Waals surface area contributed by atoms with Gasteiger partial charge in [0.2, 0.25) is 0 Å². The molecule has 0 fully saturated rings. The van der Waals surface area contributed by atoms with E-state index in [1.165, 1.54) is 12.0 Å². The van der Waals surface area contributed by atoms with E-state index in [2.05, 4.69) is 0 Å². The van der Waals surface area contributed by atoms with Gasteiger partial charge in [-0.25, -0.2) is 0 Å². The third-order valence-electron chi connectivity index (χ3n) is 2.80. The minimum atomic E-state index is -0.204. The van der Waals surface area contributed by atoms with Crippen molar-refractivity contribution in [2.45, 2.75) is 13.8 Å². The predicted molar refractivity (Wildman–Crippen MR) is 77.8 cm³/mol. The number of halogens is 1. The SMILES string of the molecule is CCOc1c(Cl)cc(C(=O)N(CC)CCO)cc1OC. The van der Waals surface area contributed by atoms with Crippen LogP contribution in [0.25, 0.3) is 0 Å². The van der Waals surface area contributed by atoms with Crippen LogP contribution in [0.1, 0.15) is 24.2 Å². The van der Waals surface area contributed by atoms with Crippen LogP contribution in [0.15, 0.2) is 12.1 Å². The van der Waals surface area contributed by atoms with Crippen molar-refractivity contribution in [3.05, 3.63) is 22.7 Å². The molecule has 0 unspecified atom stereocenters. The topological polar surface area (TPSA) is 59.0 Å². The zero-order chi connectivity index (χ0) is 15.1. The largest absolute Gasteiger partial charge is 0.493 e. The fourth-order valence-electron chi connectivity index (χ4n) is 1.83. The molecule has 0 aliphatic carbocycles. The Morgan fingerprint density at radius 3 is 2.60 bits per heavy atom. The summed E-state index contributed by atoms with van der Waals surface area (Å²) < 4.78 is 10.6. The Labute approximate surface area is 124 Å². The number of hydrogen-bond acceptors (Lipinski definition) is 4. The molecule has 1 N–H and O–H groups in total. The highest BCUT2D eigenvalue weighted by atomic mass is 35.5. The first-order chi connectivity index (χ1) is 9.58. The fraction of sp³-hybridized carbons (Fsp3) is 0.500. The number of carbonyl (C=O) groups is 1. The molecule has 112 valence electrons. The highest BCUT2D eigenvalue weighted by molar-refractivity contribution is 6.32. The van der Waals surface area contributed by atoms with Gasteiger partial charge in [-0.3, -0.25) is 4.79 Å². The smallest absolute Gasteiger partial charge is 0.254 e. The summed E-state index contributed by atoms with van der Waals surface area (Å²) in [6, 6.07) is 3.15.